The zero-order valence-corrected chi connectivity index (χ0v) is 19.8. The molecule has 0 aromatic carbocycles. The molecular formula is C26H40N2. The van der Waals surface area contributed by atoms with Crippen molar-refractivity contribution in [1.82, 2.24) is 9.97 Å². The van der Waals surface area contributed by atoms with Crippen molar-refractivity contribution in [2.45, 2.75) is 104 Å². The Morgan fingerprint density at radius 3 is 1.75 bits per heavy atom. The van der Waals surface area contributed by atoms with Gasteiger partial charge in [-0.2, -0.15) is 0 Å². The first kappa shape index (κ1) is 22.6. The van der Waals surface area contributed by atoms with E-state index in [1.165, 1.54) is 22.4 Å². The molecule has 2 heterocycles. The van der Waals surface area contributed by atoms with E-state index in [1.54, 1.807) is 0 Å². The fourth-order valence-electron chi connectivity index (χ4n) is 4.03. The van der Waals surface area contributed by atoms with E-state index >= 15 is 0 Å². The molecule has 0 fully saturated rings. The van der Waals surface area contributed by atoms with Crippen LogP contribution in [-0.4, -0.2) is 9.97 Å². The van der Waals surface area contributed by atoms with Crippen LogP contribution in [0.25, 0.3) is 0 Å². The first-order valence-corrected chi connectivity index (χ1v) is 10.6. The summed E-state index contributed by atoms with van der Waals surface area (Å²) in [6.07, 6.45) is 8.15. The molecule has 0 aliphatic heterocycles. The molecule has 28 heavy (non-hydrogen) atoms. The highest BCUT2D eigenvalue weighted by molar-refractivity contribution is 5.36. The van der Waals surface area contributed by atoms with Gasteiger partial charge in [-0.25, -0.2) is 0 Å². The second kappa shape index (κ2) is 7.61. The number of nitrogens with zero attached hydrogens (tertiary/aromatic N) is 2. The minimum atomic E-state index is 0.0495. The van der Waals surface area contributed by atoms with Crippen LogP contribution in [0.2, 0.25) is 0 Å². The monoisotopic (exact) mass is 380 g/mol. The van der Waals surface area contributed by atoms with Crippen LogP contribution in [0.15, 0.2) is 36.8 Å². The van der Waals surface area contributed by atoms with Gasteiger partial charge in [-0.15, -0.1) is 0 Å². The lowest BCUT2D eigenvalue weighted by Gasteiger charge is -2.36. The highest BCUT2D eigenvalue weighted by Crippen LogP contribution is 2.41. The summed E-state index contributed by atoms with van der Waals surface area (Å²) in [7, 11) is 0. The molecule has 0 unspecified atom stereocenters. The number of rotatable bonds is 5. The van der Waals surface area contributed by atoms with Gasteiger partial charge in [-0.3, -0.25) is 9.97 Å². The molecule has 0 atom stereocenters. The number of hydrogen-bond donors (Lipinski definition) is 0. The smallest absolute Gasteiger partial charge is 0.0494 e. The summed E-state index contributed by atoms with van der Waals surface area (Å²) < 4.78 is 0. The van der Waals surface area contributed by atoms with Crippen molar-refractivity contribution in [3.05, 3.63) is 59.2 Å². The summed E-state index contributed by atoms with van der Waals surface area (Å²) in [4.78, 5) is 9.17. The van der Waals surface area contributed by atoms with Crippen LogP contribution in [0.4, 0.5) is 0 Å². The van der Waals surface area contributed by atoms with Gasteiger partial charge in [0.25, 0.3) is 0 Å². The SMILES string of the molecule is CC(C)(C)c1cnccc1C(C)(C)CCC(C)(C)c1cccnc1C(C)(C)C. The average Bonchev–Trinajstić information content (AvgIpc) is 2.59. The van der Waals surface area contributed by atoms with Crippen molar-refractivity contribution >= 4 is 0 Å². The summed E-state index contributed by atoms with van der Waals surface area (Å²) in [6.45, 7) is 23.1. The maximum absolute atomic E-state index is 4.76. The molecule has 0 N–H and O–H groups in total. The van der Waals surface area contributed by atoms with Gasteiger partial charge in [0, 0.05) is 29.7 Å². The third-order valence-corrected chi connectivity index (χ3v) is 5.98. The van der Waals surface area contributed by atoms with E-state index < -0.39 is 0 Å². The maximum Gasteiger partial charge on any atom is 0.0494 e. The van der Waals surface area contributed by atoms with Crippen LogP contribution in [0.1, 0.15) is 104 Å². The summed E-state index contributed by atoms with van der Waals surface area (Å²) >= 11 is 0. The highest BCUT2D eigenvalue weighted by Gasteiger charge is 2.33. The Kier molecular flexibility index (Phi) is 6.14. The van der Waals surface area contributed by atoms with Gasteiger partial charge in [0.15, 0.2) is 0 Å². The Hall–Kier alpha value is -1.70. The van der Waals surface area contributed by atoms with Crippen LogP contribution >= 0.6 is 0 Å². The molecule has 0 aliphatic carbocycles. The molecule has 0 bridgehead atoms. The second-order valence-electron chi connectivity index (χ2n) is 11.6. The third kappa shape index (κ3) is 5.01. The quantitative estimate of drug-likeness (QED) is 0.552. The summed E-state index contributed by atoms with van der Waals surface area (Å²) in [5.41, 5.74) is 5.69. The minimum absolute atomic E-state index is 0.0495. The van der Waals surface area contributed by atoms with Gasteiger partial charge in [0.05, 0.1) is 0 Å². The van der Waals surface area contributed by atoms with Gasteiger partial charge < -0.3 is 0 Å². The predicted octanol–water partition coefficient (Wildman–Crippen LogP) is 7.11. The van der Waals surface area contributed by atoms with Gasteiger partial charge in [-0.05, 0) is 57.9 Å². The van der Waals surface area contributed by atoms with Crippen LogP contribution in [0.3, 0.4) is 0 Å². The molecule has 2 aromatic rings. The van der Waals surface area contributed by atoms with Crippen molar-refractivity contribution in [3.63, 3.8) is 0 Å². The van der Waals surface area contributed by atoms with Gasteiger partial charge in [0.1, 0.15) is 0 Å². The average molecular weight is 381 g/mol. The molecule has 0 aliphatic rings. The third-order valence-electron chi connectivity index (χ3n) is 5.98. The van der Waals surface area contributed by atoms with E-state index in [2.05, 4.69) is 98.6 Å². The van der Waals surface area contributed by atoms with Crippen LogP contribution in [0.5, 0.6) is 0 Å². The first-order valence-electron chi connectivity index (χ1n) is 10.6. The first-order chi connectivity index (χ1) is 12.7. The molecule has 2 heteroatoms. The van der Waals surface area contributed by atoms with E-state index in [1.807, 2.05) is 12.4 Å². The molecule has 0 amide bonds. The Morgan fingerprint density at radius 2 is 1.21 bits per heavy atom. The Balaban J connectivity index is 2.34. The molecule has 2 rings (SSSR count). The number of aromatic nitrogens is 2. The van der Waals surface area contributed by atoms with Crippen molar-refractivity contribution in [2.75, 3.05) is 0 Å². The maximum atomic E-state index is 4.76. The Morgan fingerprint density at radius 1 is 0.643 bits per heavy atom. The van der Waals surface area contributed by atoms with Gasteiger partial charge in [-0.1, -0.05) is 75.3 Å². The molecule has 154 valence electrons. The minimum Gasteiger partial charge on any atom is -0.264 e. The number of pyridine rings is 2. The lowest BCUT2D eigenvalue weighted by molar-refractivity contribution is 0.363. The summed E-state index contributed by atoms with van der Waals surface area (Å²) in [5.74, 6) is 0. The summed E-state index contributed by atoms with van der Waals surface area (Å²) in [5, 5.41) is 0. The molecule has 0 spiro atoms. The van der Waals surface area contributed by atoms with Crippen molar-refractivity contribution in [2.24, 2.45) is 0 Å². The van der Waals surface area contributed by atoms with E-state index in [9.17, 15) is 0 Å². The van der Waals surface area contributed by atoms with Crippen molar-refractivity contribution in [1.29, 1.82) is 0 Å². The second-order valence-corrected chi connectivity index (χ2v) is 11.6. The van der Waals surface area contributed by atoms with E-state index in [0.29, 0.717) is 0 Å². The zero-order valence-electron chi connectivity index (χ0n) is 19.8. The lowest BCUT2D eigenvalue weighted by atomic mass is 9.68. The highest BCUT2D eigenvalue weighted by atomic mass is 14.7. The van der Waals surface area contributed by atoms with Crippen molar-refractivity contribution < 1.29 is 0 Å². The van der Waals surface area contributed by atoms with Crippen molar-refractivity contribution in [3.8, 4) is 0 Å². The predicted molar refractivity (Wildman–Crippen MR) is 121 cm³/mol. The lowest BCUT2D eigenvalue weighted by Crippen LogP contribution is -2.30. The molecule has 2 nitrogen and oxygen atoms in total. The fraction of sp³-hybridized carbons (Fsp3) is 0.615. The van der Waals surface area contributed by atoms with Crippen LogP contribution < -0.4 is 0 Å². The molecule has 0 saturated heterocycles. The Labute approximate surface area is 173 Å². The van der Waals surface area contributed by atoms with Crippen LogP contribution in [-0.2, 0) is 21.7 Å². The fourth-order valence-corrected chi connectivity index (χ4v) is 4.03. The molecule has 0 saturated carbocycles. The zero-order chi connectivity index (χ0) is 21.4. The standard InChI is InChI=1S/C26H40N2/c1-23(2,3)21-18-27-17-13-19(21)25(7,8)14-15-26(9,10)20-12-11-16-28-22(20)24(4,5)6/h11-13,16-18H,14-15H2,1-10H3. The normalized spacial score (nSPS) is 13.6. The van der Waals surface area contributed by atoms with E-state index in [0.717, 1.165) is 12.8 Å². The summed E-state index contributed by atoms with van der Waals surface area (Å²) in [6, 6.07) is 6.57. The van der Waals surface area contributed by atoms with Gasteiger partial charge >= 0.3 is 0 Å². The van der Waals surface area contributed by atoms with E-state index in [-0.39, 0.29) is 21.7 Å². The molecule has 0 radical (unpaired) electrons. The van der Waals surface area contributed by atoms with E-state index in [4.69, 9.17) is 4.98 Å². The topological polar surface area (TPSA) is 25.8 Å². The van der Waals surface area contributed by atoms with Gasteiger partial charge in [0.2, 0.25) is 0 Å². The number of hydrogen-bond acceptors (Lipinski definition) is 2. The molecule has 2 aromatic heterocycles. The Bertz CT molecular complexity index is 732. The molecular weight excluding hydrogens is 340 g/mol. The largest absolute Gasteiger partial charge is 0.264 e. The van der Waals surface area contributed by atoms with Crippen LogP contribution in [0, 0.1) is 0 Å².